The van der Waals surface area contributed by atoms with Crippen molar-refractivity contribution >= 4 is 135 Å². The molecule has 0 N–H and O–H groups in total. The van der Waals surface area contributed by atoms with Crippen molar-refractivity contribution in [3.63, 3.8) is 0 Å². The second-order valence-corrected chi connectivity index (χ2v) is 35.5. The Balaban J connectivity index is 0.877. The first-order chi connectivity index (χ1) is 53.6. The molecule has 19 rings (SSSR count). The molecule has 0 aliphatic carbocycles. The zero-order valence-corrected chi connectivity index (χ0v) is 61.5. The summed E-state index contributed by atoms with van der Waals surface area (Å²) in [4.78, 5) is 4.84. The molecule has 0 fully saturated rings. The van der Waals surface area contributed by atoms with Crippen LogP contribution in [0.15, 0.2) is 449 Å². The van der Waals surface area contributed by atoms with Gasteiger partial charge in [-0.2, -0.15) is 0 Å². The van der Waals surface area contributed by atoms with Gasteiger partial charge in [0, 0.05) is 67.0 Å². The largest absolute Gasteiger partial charge is 0.311 e. The first kappa shape index (κ1) is 65.2. The van der Waals surface area contributed by atoms with Crippen molar-refractivity contribution < 1.29 is 0 Å². The van der Waals surface area contributed by atoms with Gasteiger partial charge in [-0.25, -0.2) is 0 Å². The predicted octanol–water partition coefficient (Wildman–Crippen LogP) is 20.9. The maximum Gasteiger partial charge on any atom is 0.179 e. The lowest BCUT2D eigenvalue weighted by molar-refractivity contribution is 1.18. The fourth-order valence-electron chi connectivity index (χ4n) is 17.1. The van der Waals surface area contributed by atoms with Crippen LogP contribution in [0.4, 0.5) is 34.1 Å². The standard InChI is InChI=1S/C102H74N4Si2/c1-11-31-75(32-12-1)77-51-55-83(56-52-77)105-99-67-63-85(71-95(99)97-73-93(65-69-101(97)105)107(87-39-19-5-20-40-87,88-41-21-6-22-42-88)89-43-23-7-24-44-89)104(82-61-59-81(60-62-82)103(79-35-15-3-16-36-79)80-37-17-4-18-38-80)86-64-68-100-96(72-86)98-74-94(66-70-102(98)106(100)84-57-53-78(54-58-84)76-33-13-2-14-34-76)108(90-45-25-8-26-46-90,91-47-27-9-28-48-91)92-49-29-10-30-50-92/h1-74H. The minimum Gasteiger partial charge on any atom is -0.311 e. The van der Waals surface area contributed by atoms with Crippen molar-refractivity contribution in [3.8, 4) is 33.6 Å². The summed E-state index contributed by atoms with van der Waals surface area (Å²) in [5.41, 5.74) is 17.7. The quantitative estimate of drug-likeness (QED) is 0.0629. The molecule has 0 saturated carbocycles. The van der Waals surface area contributed by atoms with E-state index in [9.17, 15) is 0 Å². The summed E-state index contributed by atoms with van der Waals surface area (Å²) in [5, 5.41) is 15.3. The highest BCUT2D eigenvalue weighted by molar-refractivity contribution is 7.20. The van der Waals surface area contributed by atoms with Crippen LogP contribution < -0.4 is 51.3 Å². The molecule has 0 bridgehead atoms. The highest BCUT2D eigenvalue weighted by Gasteiger charge is 2.43. The monoisotopic (exact) mass is 1410 g/mol. The number of anilines is 6. The summed E-state index contributed by atoms with van der Waals surface area (Å²) in [6.07, 6.45) is 0. The van der Waals surface area contributed by atoms with Crippen molar-refractivity contribution in [2.45, 2.75) is 0 Å². The van der Waals surface area contributed by atoms with E-state index in [2.05, 4.69) is 468 Å². The zero-order valence-electron chi connectivity index (χ0n) is 59.5. The highest BCUT2D eigenvalue weighted by Crippen LogP contribution is 2.45. The van der Waals surface area contributed by atoms with Gasteiger partial charge in [-0.1, -0.05) is 328 Å². The number of hydrogen-bond donors (Lipinski definition) is 0. The summed E-state index contributed by atoms with van der Waals surface area (Å²) in [6, 6.07) is 167. The average molecular weight is 1410 g/mol. The van der Waals surface area contributed by atoms with E-state index in [4.69, 9.17) is 0 Å². The Labute approximate surface area is 632 Å². The SMILES string of the molecule is c1ccc(-c2ccc(-n3c4ccc(N(c5ccc(N(c6ccccc6)c6ccccc6)cc5)c5ccc6c(c5)c5cc([Si](c7ccccc7)(c7ccccc7)c7ccccc7)ccc5n6-c5ccc(-c6ccccc6)cc5)cc4c4cc([Si](c5ccccc5)(c5ccccc5)c5ccccc5)ccc43)cc2)cc1. The predicted molar refractivity (Wildman–Crippen MR) is 463 cm³/mol. The third kappa shape index (κ3) is 11.4. The maximum absolute atomic E-state index is 3.01. The Hall–Kier alpha value is -13.6. The Morgan fingerprint density at radius 3 is 0.657 bits per heavy atom. The summed E-state index contributed by atoms with van der Waals surface area (Å²) >= 11 is 0. The molecule has 0 spiro atoms. The third-order valence-electron chi connectivity index (χ3n) is 22.0. The van der Waals surface area contributed by atoms with Crippen LogP contribution in [0.2, 0.25) is 0 Å². The number of rotatable bonds is 18. The topological polar surface area (TPSA) is 16.3 Å². The van der Waals surface area contributed by atoms with Gasteiger partial charge in [-0.05, 0) is 185 Å². The Bertz CT molecular complexity index is 5780. The smallest absolute Gasteiger partial charge is 0.179 e. The lowest BCUT2D eigenvalue weighted by Gasteiger charge is -2.34. The highest BCUT2D eigenvalue weighted by atomic mass is 28.3. The zero-order chi connectivity index (χ0) is 71.8. The normalized spacial score (nSPS) is 11.7. The molecule has 17 aromatic carbocycles. The number of aromatic nitrogens is 2. The summed E-state index contributed by atoms with van der Waals surface area (Å²) in [6.45, 7) is 0. The number of benzene rings is 17. The van der Waals surface area contributed by atoms with E-state index in [1.807, 2.05) is 0 Å². The van der Waals surface area contributed by atoms with Crippen LogP contribution in [-0.4, -0.2) is 25.3 Å². The molecule has 0 amide bonds. The van der Waals surface area contributed by atoms with Crippen LogP contribution >= 0.6 is 0 Å². The van der Waals surface area contributed by atoms with E-state index >= 15 is 0 Å². The summed E-state index contributed by atoms with van der Waals surface area (Å²) in [7, 11) is -6.02. The molecule has 0 unspecified atom stereocenters. The van der Waals surface area contributed by atoms with Gasteiger partial charge in [0.05, 0.1) is 22.1 Å². The van der Waals surface area contributed by atoms with Gasteiger partial charge in [0.25, 0.3) is 0 Å². The van der Waals surface area contributed by atoms with E-state index < -0.39 is 16.1 Å². The number of nitrogens with zero attached hydrogens (tertiary/aromatic N) is 4. The van der Waals surface area contributed by atoms with Crippen LogP contribution in [0, 0.1) is 0 Å². The molecule has 0 aliphatic heterocycles. The van der Waals surface area contributed by atoms with E-state index in [1.54, 1.807) is 0 Å². The van der Waals surface area contributed by atoms with Crippen LogP contribution in [0.3, 0.4) is 0 Å². The maximum atomic E-state index is 2.56. The van der Waals surface area contributed by atoms with E-state index in [0.29, 0.717) is 0 Å². The molecule has 2 heterocycles. The van der Waals surface area contributed by atoms with Gasteiger partial charge in [0.1, 0.15) is 0 Å². The van der Waals surface area contributed by atoms with Crippen molar-refractivity contribution in [2.75, 3.05) is 9.80 Å². The summed E-state index contributed by atoms with van der Waals surface area (Å²) < 4.78 is 4.97. The fraction of sp³-hybridized carbons (Fsp3) is 0. The van der Waals surface area contributed by atoms with E-state index in [0.717, 1.165) is 78.3 Å². The van der Waals surface area contributed by atoms with Gasteiger partial charge in [0.2, 0.25) is 0 Å². The molecule has 4 nitrogen and oxygen atoms in total. The molecule has 0 radical (unpaired) electrons. The average Bonchev–Trinajstić information content (AvgIpc) is 1.23. The number of fused-ring (bicyclic) bond motifs is 6. The molecule has 108 heavy (non-hydrogen) atoms. The molecular formula is C102H74N4Si2. The molecule has 2 aromatic heterocycles. The van der Waals surface area contributed by atoms with Crippen LogP contribution in [0.5, 0.6) is 0 Å². The van der Waals surface area contributed by atoms with E-state index in [1.165, 1.54) is 74.5 Å². The van der Waals surface area contributed by atoms with Crippen LogP contribution in [0.25, 0.3) is 77.2 Å². The van der Waals surface area contributed by atoms with Gasteiger partial charge in [-0.3, -0.25) is 0 Å². The molecule has 19 aromatic rings. The molecule has 6 heteroatoms. The van der Waals surface area contributed by atoms with Crippen LogP contribution in [-0.2, 0) is 0 Å². The second-order valence-electron chi connectivity index (χ2n) is 27.9. The van der Waals surface area contributed by atoms with Crippen molar-refractivity contribution in [2.24, 2.45) is 0 Å². The second kappa shape index (κ2) is 28.1. The first-order valence-corrected chi connectivity index (χ1v) is 41.2. The fourth-order valence-corrected chi connectivity index (χ4v) is 26.7. The molecule has 0 aliphatic rings. The lowest BCUT2D eigenvalue weighted by Crippen LogP contribution is -2.74. The van der Waals surface area contributed by atoms with E-state index in [-0.39, 0.29) is 0 Å². The Morgan fingerprint density at radius 1 is 0.157 bits per heavy atom. The molecule has 510 valence electrons. The Morgan fingerprint density at radius 2 is 0.370 bits per heavy atom. The number of hydrogen-bond acceptors (Lipinski definition) is 2. The van der Waals surface area contributed by atoms with Crippen molar-refractivity contribution in [1.29, 1.82) is 0 Å². The van der Waals surface area contributed by atoms with Crippen LogP contribution in [0.1, 0.15) is 0 Å². The summed E-state index contributed by atoms with van der Waals surface area (Å²) in [5.74, 6) is 0. The van der Waals surface area contributed by atoms with Crippen molar-refractivity contribution in [1.82, 2.24) is 9.13 Å². The third-order valence-corrected chi connectivity index (χ3v) is 31.5. The molecular weight excluding hydrogens is 1340 g/mol. The Kier molecular flexibility index (Phi) is 17.0. The molecule has 0 saturated heterocycles. The minimum atomic E-state index is -3.01. The lowest BCUT2D eigenvalue weighted by atomic mass is 10.1. The van der Waals surface area contributed by atoms with Gasteiger partial charge in [0.15, 0.2) is 16.1 Å². The number of para-hydroxylation sites is 2. The molecule has 0 atom stereocenters. The minimum absolute atomic E-state index is 1.02. The van der Waals surface area contributed by atoms with Gasteiger partial charge >= 0.3 is 0 Å². The van der Waals surface area contributed by atoms with Gasteiger partial charge in [-0.15, -0.1) is 0 Å². The first-order valence-electron chi connectivity index (χ1n) is 37.2. The van der Waals surface area contributed by atoms with Gasteiger partial charge < -0.3 is 18.9 Å². The van der Waals surface area contributed by atoms with Crippen molar-refractivity contribution in [3.05, 3.63) is 449 Å².